The van der Waals surface area contributed by atoms with Crippen molar-refractivity contribution >= 4 is 34.9 Å². The molecular weight excluding hydrogens is 261 g/mol. The van der Waals surface area contributed by atoms with Crippen LogP contribution in [0.4, 0.5) is 5.69 Å². The van der Waals surface area contributed by atoms with Crippen LogP contribution in [0.25, 0.3) is 0 Å². The monoisotopic (exact) mass is 275 g/mol. The number of esters is 1. The number of carbonyl (C=O) groups excluding carboxylic acids is 1. The van der Waals surface area contributed by atoms with E-state index in [1.807, 2.05) is 13.8 Å². The van der Waals surface area contributed by atoms with Crippen LogP contribution in [-0.4, -0.2) is 19.1 Å². The minimum atomic E-state index is -0.287. The van der Waals surface area contributed by atoms with Crippen molar-refractivity contribution in [3.63, 3.8) is 0 Å². The van der Waals surface area contributed by atoms with E-state index in [1.54, 1.807) is 18.2 Å². The number of nitrogens with one attached hydrogen (secondary N) is 1. The summed E-state index contributed by atoms with van der Waals surface area (Å²) in [5.41, 5.74) is 0.737. The Kier molecular flexibility index (Phi) is 5.59. The Morgan fingerprint density at radius 3 is 2.65 bits per heavy atom. The number of rotatable bonds is 5. The zero-order valence-corrected chi connectivity index (χ0v) is 11.3. The summed E-state index contributed by atoms with van der Waals surface area (Å²) in [5.74, 6) is 0.0497. The molecule has 1 rings (SSSR count). The first-order valence-corrected chi connectivity index (χ1v) is 6.09. The summed E-state index contributed by atoms with van der Waals surface area (Å²) < 4.78 is 5.02. The Bertz CT molecular complexity index is 394. The number of benzene rings is 1. The van der Waals surface area contributed by atoms with E-state index in [0.29, 0.717) is 22.6 Å². The first kappa shape index (κ1) is 14.1. The fraction of sp³-hybridized carbons (Fsp3) is 0.417. The zero-order chi connectivity index (χ0) is 12.8. The summed E-state index contributed by atoms with van der Waals surface area (Å²) in [6.45, 7) is 4.52. The second kappa shape index (κ2) is 6.72. The molecule has 3 nitrogen and oxygen atoms in total. The number of hydrogen-bond donors (Lipinski definition) is 1. The first-order valence-electron chi connectivity index (χ1n) is 5.33. The van der Waals surface area contributed by atoms with Gasteiger partial charge in [-0.05, 0) is 24.1 Å². The van der Waals surface area contributed by atoms with E-state index < -0.39 is 0 Å². The molecule has 0 bridgehead atoms. The summed E-state index contributed by atoms with van der Waals surface area (Å²) in [6, 6.07) is 5.09. The molecule has 0 spiro atoms. The lowest BCUT2D eigenvalue weighted by molar-refractivity contribution is -0.142. The molecule has 94 valence electrons. The van der Waals surface area contributed by atoms with Crippen molar-refractivity contribution in [1.29, 1.82) is 0 Å². The molecule has 0 aromatic heterocycles. The summed E-state index contributed by atoms with van der Waals surface area (Å²) in [7, 11) is 0. The standard InChI is InChI=1S/C12H15Cl2NO2/c1-8(2)7-17-12(16)6-15-9-3-4-10(13)11(14)5-9/h3-5,8,15H,6-7H2,1-2H3. The van der Waals surface area contributed by atoms with Crippen molar-refractivity contribution in [1.82, 2.24) is 0 Å². The van der Waals surface area contributed by atoms with Crippen molar-refractivity contribution in [3.8, 4) is 0 Å². The largest absolute Gasteiger partial charge is 0.464 e. The predicted octanol–water partition coefficient (Wildman–Crippen LogP) is 3.60. The van der Waals surface area contributed by atoms with Crippen LogP contribution < -0.4 is 5.32 Å². The highest BCUT2D eigenvalue weighted by atomic mass is 35.5. The van der Waals surface area contributed by atoms with Gasteiger partial charge in [0, 0.05) is 5.69 Å². The normalized spacial score (nSPS) is 10.4. The van der Waals surface area contributed by atoms with Gasteiger partial charge in [0.05, 0.1) is 16.7 Å². The third kappa shape index (κ3) is 5.29. The molecule has 0 saturated carbocycles. The van der Waals surface area contributed by atoms with E-state index in [4.69, 9.17) is 27.9 Å². The molecule has 0 radical (unpaired) electrons. The van der Waals surface area contributed by atoms with Gasteiger partial charge in [0.1, 0.15) is 6.54 Å². The number of anilines is 1. The van der Waals surface area contributed by atoms with E-state index in [-0.39, 0.29) is 12.5 Å². The number of carbonyl (C=O) groups is 1. The highest BCUT2D eigenvalue weighted by molar-refractivity contribution is 6.42. The van der Waals surface area contributed by atoms with Crippen LogP contribution in [0.15, 0.2) is 18.2 Å². The lowest BCUT2D eigenvalue weighted by atomic mass is 10.2. The lowest BCUT2D eigenvalue weighted by Gasteiger charge is -2.09. The molecule has 1 N–H and O–H groups in total. The predicted molar refractivity (Wildman–Crippen MR) is 70.7 cm³/mol. The molecule has 0 heterocycles. The summed E-state index contributed by atoms with van der Waals surface area (Å²) in [4.78, 5) is 11.3. The van der Waals surface area contributed by atoms with E-state index >= 15 is 0 Å². The highest BCUT2D eigenvalue weighted by Crippen LogP contribution is 2.24. The van der Waals surface area contributed by atoms with Gasteiger partial charge < -0.3 is 10.1 Å². The van der Waals surface area contributed by atoms with Gasteiger partial charge in [-0.3, -0.25) is 4.79 Å². The van der Waals surface area contributed by atoms with Crippen molar-refractivity contribution in [2.45, 2.75) is 13.8 Å². The van der Waals surface area contributed by atoms with Crippen LogP contribution in [-0.2, 0) is 9.53 Å². The van der Waals surface area contributed by atoms with Gasteiger partial charge in [-0.25, -0.2) is 0 Å². The number of hydrogen-bond acceptors (Lipinski definition) is 3. The topological polar surface area (TPSA) is 38.3 Å². The van der Waals surface area contributed by atoms with Crippen LogP contribution in [0.2, 0.25) is 10.0 Å². The van der Waals surface area contributed by atoms with E-state index in [9.17, 15) is 4.79 Å². The Balaban J connectivity index is 2.39. The molecule has 17 heavy (non-hydrogen) atoms. The van der Waals surface area contributed by atoms with Gasteiger partial charge in [-0.1, -0.05) is 37.0 Å². The van der Waals surface area contributed by atoms with Crippen molar-refractivity contribution in [2.24, 2.45) is 5.92 Å². The third-order valence-electron chi connectivity index (χ3n) is 1.93. The van der Waals surface area contributed by atoms with Crippen LogP contribution in [0.5, 0.6) is 0 Å². The van der Waals surface area contributed by atoms with Crippen LogP contribution in [0.1, 0.15) is 13.8 Å². The van der Waals surface area contributed by atoms with E-state index in [0.717, 1.165) is 5.69 Å². The minimum Gasteiger partial charge on any atom is -0.464 e. The molecule has 5 heteroatoms. The van der Waals surface area contributed by atoms with E-state index in [2.05, 4.69) is 5.32 Å². The Morgan fingerprint density at radius 2 is 2.06 bits per heavy atom. The summed E-state index contributed by atoms with van der Waals surface area (Å²) in [6.07, 6.45) is 0. The Morgan fingerprint density at radius 1 is 1.35 bits per heavy atom. The second-order valence-electron chi connectivity index (χ2n) is 4.06. The molecule has 0 saturated heterocycles. The van der Waals surface area contributed by atoms with Gasteiger partial charge >= 0.3 is 5.97 Å². The molecule has 0 unspecified atom stereocenters. The van der Waals surface area contributed by atoms with Crippen molar-refractivity contribution in [3.05, 3.63) is 28.2 Å². The van der Waals surface area contributed by atoms with Gasteiger partial charge in [-0.2, -0.15) is 0 Å². The molecule has 0 aliphatic rings. The lowest BCUT2D eigenvalue weighted by Crippen LogP contribution is -2.19. The molecule has 0 aliphatic carbocycles. The number of halogens is 2. The molecule has 0 fully saturated rings. The molecule has 0 aliphatic heterocycles. The zero-order valence-electron chi connectivity index (χ0n) is 9.80. The summed E-state index contributed by atoms with van der Waals surface area (Å²) in [5, 5.41) is 3.86. The fourth-order valence-corrected chi connectivity index (χ4v) is 1.39. The second-order valence-corrected chi connectivity index (χ2v) is 4.87. The minimum absolute atomic E-state index is 0.116. The van der Waals surface area contributed by atoms with Gasteiger partial charge in [0.2, 0.25) is 0 Å². The first-order chi connectivity index (χ1) is 7.99. The smallest absolute Gasteiger partial charge is 0.325 e. The maximum absolute atomic E-state index is 11.3. The highest BCUT2D eigenvalue weighted by Gasteiger charge is 2.05. The third-order valence-corrected chi connectivity index (χ3v) is 2.67. The fourth-order valence-electron chi connectivity index (χ4n) is 1.09. The number of ether oxygens (including phenoxy) is 1. The Labute approximate surface area is 111 Å². The van der Waals surface area contributed by atoms with Crippen molar-refractivity contribution in [2.75, 3.05) is 18.5 Å². The molecular formula is C12H15Cl2NO2. The van der Waals surface area contributed by atoms with E-state index in [1.165, 1.54) is 0 Å². The maximum Gasteiger partial charge on any atom is 0.325 e. The molecule has 1 aromatic carbocycles. The van der Waals surface area contributed by atoms with Crippen LogP contribution in [0.3, 0.4) is 0 Å². The van der Waals surface area contributed by atoms with Crippen LogP contribution in [0, 0.1) is 5.92 Å². The van der Waals surface area contributed by atoms with Crippen LogP contribution >= 0.6 is 23.2 Å². The molecule has 0 atom stereocenters. The average molecular weight is 276 g/mol. The maximum atomic E-state index is 11.3. The average Bonchev–Trinajstić information content (AvgIpc) is 2.28. The summed E-state index contributed by atoms with van der Waals surface area (Å²) >= 11 is 11.6. The molecule has 0 amide bonds. The molecule has 1 aromatic rings. The van der Waals surface area contributed by atoms with Gasteiger partial charge in [0.25, 0.3) is 0 Å². The van der Waals surface area contributed by atoms with Gasteiger partial charge in [0.15, 0.2) is 0 Å². The Hall–Kier alpha value is -0.930. The SMILES string of the molecule is CC(C)COC(=O)CNc1ccc(Cl)c(Cl)c1. The van der Waals surface area contributed by atoms with Crippen molar-refractivity contribution < 1.29 is 9.53 Å². The quantitative estimate of drug-likeness (QED) is 0.835. The van der Waals surface area contributed by atoms with Gasteiger partial charge in [-0.15, -0.1) is 0 Å².